The van der Waals surface area contributed by atoms with Gasteiger partial charge in [-0.1, -0.05) is 13.0 Å². The highest BCUT2D eigenvalue weighted by molar-refractivity contribution is 7.91. The summed E-state index contributed by atoms with van der Waals surface area (Å²) in [6, 6.07) is 8.52. The molecule has 1 aliphatic carbocycles. The van der Waals surface area contributed by atoms with Crippen molar-refractivity contribution in [3.05, 3.63) is 46.7 Å². The third kappa shape index (κ3) is 4.81. The normalized spacial score (nSPS) is 25.2. The van der Waals surface area contributed by atoms with Gasteiger partial charge in [-0.25, -0.2) is 13.4 Å². The van der Waals surface area contributed by atoms with Gasteiger partial charge in [0, 0.05) is 44.8 Å². The van der Waals surface area contributed by atoms with E-state index in [0.29, 0.717) is 24.4 Å². The summed E-state index contributed by atoms with van der Waals surface area (Å²) in [6.07, 6.45) is 6.36. The standard InChI is InChI=1S/C28H31N7O5S/c1-16-8-23(30-12-18(16)11-29)35-26(31-24(36)15-41(3,38)39)25-22(33-35)10-28(32-27(25)37)7-6-17-9-19(4-5-21(17)28)34-13-20(14-34)40-2/h4-5,8-9,12,16,18,20H,6-7,10,13-15H2,1-3H3,(H,31,36)(H,32,37)/t16?,18?,28-/m0/s1. The van der Waals surface area contributed by atoms with Gasteiger partial charge in [-0.05, 0) is 48.1 Å². The number of methoxy groups -OCH3 is 1. The average Bonchev–Trinajstić information content (AvgIpc) is 3.40. The van der Waals surface area contributed by atoms with Crippen LogP contribution in [0.1, 0.15) is 40.5 Å². The zero-order valence-corrected chi connectivity index (χ0v) is 23.9. The van der Waals surface area contributed by atoms with Crippen molar-refractivity contribution in [2.75, 3.05) is 42.4 Å². The predicted molar refractivity (Wildman–Crippen MR) is 152 cm³/mol. The molecule has 2 N–H and O–H groups in total. The molecule has 1 spiro atoms. The van der Waals surface area contributed by atoms with Gasteiger partial charge in [0.25, 0.3) is 5.91 Å². The number of ether oxygens (including phenoxy) is 1. The van der Waals surface area contributed by atoms with Crippen molar-refractivity contribution >= 4 is 45.2 Å². The number of nitrogens with zero attached hydrogens (tertiary/aromatic N) is 5. The van der Waals surface area contributed by atoms with Gasteiger partial charge in [0.2, 0.25) is 5.91 Å². The summed E-state index contributed by atoms with van der Waals surface area (Å²) in [5.74, 6) is -2.14. The van der Waals surface area contributed by atoms with E-state index < -0.39 is 38.9 Å². The van der Waals surface area contributed by atoms with E-state index in [1.807, 2.05) is 6.92 Å². The van der Waals surface area contributed by atoms with Crippen molar-refractivity contribution in [3.8, 4) is 6.07 Å². The molecule has 1 aromatic carbocycles. The molecule has 6 rings (SSSR count). The monoisotopic (exact) mass is 577 g/mol. The van der Waals surface area contributed by atoms with Gasteiger partial charge >= 0.3 is 0 Å². The maximum atomic E-state index is 13.7. The Kier molecular flexibility index (Phi) is 6.50. The molecular weight excluding hydrogens is 546 g/mol. The molecule has 1 saturated heterocycles. The summed E-state index contributed by atoms with van der Waals surface area (Å²) < 4.78 is 30.4. The van der Waals surface area contributed by atoms with E-state index in [4.69, 9.17) is 9.84 Å². The minimum Gasteiger partial charge on any atom is -0.378 e. The molecule has 0 radical (unpaired) electrons. The summed E-state index contributed by atoms with van der Waals surface area (Å²) in [7, 11) is -1.89. The van der Waals surface area contributed by atoms with Crippen LogP contribution in [-0.2, 0) is 37.7 Å². The summed E-state index contributed by atoms with van der Waals surface area (Å²) in [6.45, 7) is 3.56. The molecule has 12 nitrogen and oxygen atoms in total. The molecule has 2 amide bonds. The lowest BCUT2D eigenvalue weighted by atomic mass is 9.82. The van der Waals surface area contributed by atoms with Crippen LogP contribution in [0.3, 0.4) is 0 Å². The number of allylic oxidation sites excluding steroid dienone is 1. The maximum absolute atomic E-state index is 13.7. The summed E-state index contributed by atoms with van der Waals surface area (Å²) >= 11 is 0. The number of nitriles is 1. The number of aliphatic imine (C=N–C) groups is 1. The third-order valence-electron chi connectivity index (χ3n) is 8.34. The maximum Gasteiger partial charge on any atom is 0.257 e. The number of sulfone groups is 1. The van der Waals surface area contributed by atoms with Crippen LogP contribution in [0.5, 0.6) is 0 Å². The fraction of sp³-hybridized carbons (Fsp3) is 0.464. The number of rotatable bonds is 6. The molecule has 41 heavy (non-hydrogen) atoms. The van der Waals surface area contributed by atoms with E-state index in [1.165, 1.54) is 16.5 Å². The highest BCUT2D eigenvalue weighted by Crippen LogP contribution is 2.45. The van der Waals surface area contributed by atoms with Crippen LogP contribution in [0.15, 0.2) is 29.3 Å². The molecule has 4 heterocycles. The number of anilines is 2. The first-order chi connectivity index (χ1) is 19.5. The van der Waals surface area contributed by atoms with Gasteiger partial charge < -0.3 is 20.3 Å². The summed E-state index contributed by atoms with van der Waals surface area (Å²) in [5.41, 5.74) is 3.35. The number of amides is 2. The van der Waals surface area contributed by atoms with Crippen LogP contribution in [0.25, 0.3) is 5.82 Å². The molecule has 3 atom stereocenters. The summed E-state index contributed by atoms with van der Waals surface area (Å²) in [5, 5.41) is 19.9. The van der Waals surface area contributed by atoms with Crippen molar-refractivity contribution in [2.24, 2.45) is 16.8 Å². The van der Waals surface area contributed by atoms with Crippen molar-refractivity contribution in [1.82, 2.24) is 15.1 Å². The number of benzene rings is 1. The highest BCUT2D eigenvalue weighted by Gasteiger charge is 2.47. The Hall–Kier alpha value is -4.02. The number of hydrogen-bond donors (Lipinski definition) is 2. The van der Waals surface area contributed by atoms with Crippen LogP contribution in [0, 0.1) is 23.2 Å². The molecular formula is C28H31N7O5S. The van der Waals surface area contributed by atoms with Gasteiger partial charge in [-0.3, -0.25) is 9.59 Å². The summed E-state index contributed by atoms with van der Waals surface area (Å²) in [4.78, 5) is 33.1. The van der Waals surface area contributed by atoms with Gasteiger partial charge in [0.15, 0.2) is 21.5 Å². The van der Waals surface area contributed by atoms with Crippen LogP contribution in [0.4, 0.5) is 11.5 Å². The predicted octanol–water partition coefficient (Wildman–Crippen LogP) is 1.49. The molecule has 4 aliphatic rings. The van der Waals surface area contributed by atoms with E-state index in [9.17, 15) is 23.3 Å². The Morgan fingerprint density at radius 3 is 2.80 bits per heavy atom. The lowest BCUT2D eigenvalue weighted by molar-refractivity contribution is -0.113. The molecule has 2 aromatic rings. The van der Waals surface area contributed by atoms with Crippen LogP contribution in [0.2, 0.25) is 0 Å². The number of carbonyl (C=O) groups is 2. The Balaban J connectivity index is 1.36. The second kappa shape index (κ2) is 9.81. The Morgan fingerprint density at radius 2 is 2.12 bits per heavy atom. The second-order valence-electron chi connectivity index (χ2n) is 11.3. The quantitative estimate of drug-likeness (QED) is 0.523. The number of aromatic nitrogens is 2. The number of carbonyl (C=O) groups excluding carboxylic acids is 2. The number of nitrogens with one attached hydrogen (secondary N) is 2. The number of hydrogen-bond acceptors (Lipinski definition) is 9. The zero-order valence-electron chi connectivity index (χ0n) is 23.0. The molecule has 2 unspecified atom stereocenters. The third-order valence-corrected chi connectivity index (χ3v) is 9.13. The Labute approximate surface area is 238 Å². The minimum absolute atomic E-state index is 0.0612. The van der Waals surface area contributed by atoms with Crippen LogP contribution < -0.4 is 15.5 Å². The van der Waals surface area contributed by atoms with Gasteiger partial charge in [0.1, 0.15) is 11.3 Å². The molecule has 0 bridgehead atoms. The smallest absolute Gasteiger partial charge is 0.257 e. The molecule has 1 aromatic heterocycles. The first kappa shape index (κ1) is 27.2. The molecule has 214 valence electrons. The second-order valence-corrected chi connectivity index (χ2v) is 13.5. The first-order valence-electron chi connectivity index (χ1n) is 13.5. The van der Waals surface area contributed by atoms with Crippen molar-refractivity contribution in [3.63, 3.8) is 0 Å². The van der Waals surface area contributed by atoms with Crippen LogP contribution in [-0.4, -0.2) is 74.5 Å². The topological polar surface area (TPSA) is 159 Å². The van der Waals surface area contributed by atoms with Crippen molar-refractivity contribution in [2.45, 2.75) is 37.8 Å². The zero-order chi connectivity index (χ0) is 29.1. The molecule has 3 aliphatic heterocycles. The fourth-order valence-corrected chi connectivity index (χ4v) is 6.67. The Bertz CT molecular complexity index is 1660. The molecule has 1 fully saturated rings. The van der Waals surface area contributed by atoms with E-state index in [1.54, 1.807) is 13.2 Å². The van der Waals surface area contributed by atoms with E-state index in [-0.39, 0.29) is 23.4 Å². The van der Waals surface area contributed by atoms with E-state index >= 15 is 0 Å². The van der Waals surface area contributed by atoms with Crippen LogP contribution >= 0.6 is 0 Å². The lowest BCUT2D eigenvalue weighted by Gasteiger charge is -2.40. The molecule has 0 saturated carbocycles. The average molecular weight is 578 g/mol. The van der Waals surface area contributed by atoms with Crippen molar-refractivity contribution < 1.29 is 22.7 Å². The largest absolute Gasteiger partial charge is 0.378 e. The van der Waals surface area contributed by atoms with Gasteiger partial charge in [-0.15, -0.1) is 0 Å². The Morgan fingerprint density at radius 1 is 1.34 bits per heavy atom. The first-order valence-corrected chi connectivity index (χ1v) is 15.6. The van der Waals surface area contributed by atoms with E-state index in [2.05, 4.69) is 44.8 Å². The highest BCUT2D eigenvalue weighted by atomic mass is 32.2. The van der Waals surface area contributed by atoms with Crippen molar-refractivity contribution in [1.29, 1.82) is 5.26 Å². The van der Waals surface area contributed by atoms with Gasteiger partial charge in [0.05, 0.1) is 29.3 Å². The van der Waals surface area contributed by atoms with Gasteiger partial charge in [-0.2, -0.15) is 15.0 Å². The number of fused-ring (bicyclic) bond motifs is 3. The lowest BCUT2D eigenvalue weighted by Crippen LogP contribution is -2.52. The SMILES string of the molecule is COC1CN(c2ccc3c(c2)CC[C@]32Cc3nn(C4=CC(C)C(C#N)C=N4)c(NC(=O)CS(C)(=O)=O)c3C(=O)N2)C1. The number of aryl methyl sites for hydroxylation is 1. The minimum atomic E-state index is -3.62. The van der Waals surface area contributed by atoms with E-state index in [0.717, 1.165) is 37.0 Å². The fourth-order valence-electron chi connectivity index (χ4n) is 6.12. The molecule has 13 heteroatoms.